The molecule has 0 radical (unpaired) electrons. The molecule has 0 fully saturated rings. The first-order valence-electron chi connectivity index (χ1n) is 7.04. The quantitative estimate of drug-likeness (QED) is 0.742. The van der Waals surface area contributed by atoms with Crippen LogP contribution in [0.1, 0.15) is 11.1 Å². The van der Waals surface area contributed by atoms with Crippen LogP contribution in [-0.2, 0) is 6.54 Å². The van der Waals surface area contributed by atoms with Crippen molar-refractivity contribution >= 4 is 17.3 Å². The second-order valence-corrected chi connectivity index (χ2v) is 5.31. The van der Waals surface area contributed by atoms with Crippen LogP contribution in [0.4, 0.5) is 5.69 Å². The van der Waals surface area contributed by atoms with Gasteiger partial charge in [0.25, 0.3) is 0 Å². The Bertz CT molecular complexity index is 656. The Morgan fingerprint density at radius 1 is 1.18 bits per heavy atom. The molecule has 2 aromatic carbocycles. The average molecular weight is 318 g/mol. The Balaban J connectivity index is 2.06. The lowest BCUT2D eigenvalue weighted by atomic mass is 10.2. The third-order valence-electron chi connectivity index (χ3n) is 3.25. The number of methoxy groups -OCH3 is 1. The molecule has 0 heterocycles. The van der Waals surface area contributed by atoms with Gasteiger partial charge in [-0.15, -0.1) is 0 Å². The largest absolute Gasteiger partial charge is 0.493 e. The predicted molar refractivity (Wildman–Crippen MR) is 92.2 cm³/mol. The zero-order chi connectivity index (χ0) is 15.9. The summed E-state index contributed by atoms with van der Waals surface area (Å²) in [6.07, 6.45) is 1.70. The zero-order valence-corrected chi connectivity index (χ0v) is 13.6. The Morgan fingerprint density at radius 3 is 2.68 bits per heavy atom. The lowest BCUT2D eigenvalue weighted by Gasteiger charge is -2.12. The van der Waals surface area contributed by atoms with E-state index in [0.29, 0.717) is 24.7 Å². The van der Waals surface area contributed by atoms with Crippen LogP contribution < -0.4 is 14.8 Å². The number of hydrogen-bond acceptors (Lipinski definition) is 3. The Labute approximate surface area is 136 Å². The summed E-state index contributed by atoms with van der Waals surface area (Å²) in [6, 6.07) is 11.8. The van der Waals surface area contributed by atoms with E-state index in [4.69, 9.17) is 21.1 Å². The maximum absolute atomic E-state index is 6.13. The zero-order valence-electron chi connectivity index (χ0n) is 12.9. The molecule has 3 nitrogen and oxygen atoms in total. The van der Waals surface area contributed by atoms with Gasteiger partial charge in [-0.05, 0) is 42.3 Å². The smallest absolute Gasteiger partial charge is 0.161 e. The fraction of sp³-hybridized carbons (Fsp3) is 0.222. The van der Waals surface area contributed by atoms with Crippen LogP contribution in [0.2, 0.25) is 5.02 Å². The third kappa shape index (κ3) is 4.18. The molecule has 0 bridgehead atoms. The van der Waals surface area contributed by atoms with E-state index in [9.17, 15) is 0 Å². The minimum atomic E-state index is 0.454. The molecule has 0 aliphatic carbocycles. The van der Waals surface area contributed by atoms with Gasteiger partial charge in [-0.25, -0.2) is 0 Å². The number of aryl methyl sites for hydroxylation is 1. The summed E-state index contributed by atoms with van der Waals surface area (Å²) in [5.74, 6) is 1.42. The van der Waals surface area contributed by atoms with Gasteiger partial charge in [0.05, 0.1) is 7.11 Å². The molecule has 1 N–H and O–H groups in total. The lowest BCUT2D eigenvalue weighted by molar-refractivity contribution is 0.326. The van der Waals surface area contributed by atoms with Crippen LogP contribution >= 0.6 is 11.6 Å². The maximum Gasteiger partial charge on any atom is 0.161 e. The van der Waals surface area contributed by atoms with Crippen LogP contribution in [0, 0.1) is 6.92 Å². The highest BCUT2D eigenvalue weighted by atomic mass is 35.5. The molecular formula is C18H20ClNO2. The number of ether oxygens (including phenoxy) is 2. The number of rotatable bonds is 7. The molecular weight excluding hydrogens is 298 g/mol. The molecule has 2 rings (SSSR count). The SMILES string of the molecule is C=CCOc1ccc(CNc2ccc(C)c(Cl)c2)cc1OC. The molecule has 2 aromatic rings. The van der Waals surface area contributed by atoms with E-state index in [1.165, 1.54) is 0 Å². The molecule has 0 aliphatic heterocycles. The molecule has 0 saturated heterocycles. The van der Waals surface area contributed by atoms with Crippen LogP contribution in [0.3, 0.4) is 0 Å². The standard InChI is InChI=1S/C18H20ClNO2/c1-4-9-22-17-8-6-14(10-18(17)21-3)12-20-15-7-5-13(2)16(19)11-15/h4-8,10-11,20H,1,9,12H2,2-3H3. The van der Waals surface area contributed by atoms with Crippen molar-refractivity contribution in [2.75, 3.05) is 19.0 Å². The highest BCUT2D eigenvalue weighted by Crippen LogP contribution is 2.28. The molecule has 0 aliphatic rings. The molecule has 4 heteroatoms. The van der Waals surface area contributed by atoms with Gasteiger partial charge in [0.1, 0.15) is 6.61 Å². The van der Waals surface area contributed by atoms with Crippen molar-refractivity contribution < 1.29 is 9.47 Å². The minimum Gasteiger partial charge on any atom is -0.493 e. The van der Waals surface area contributed by atoms with Crippen molar-refractivity contribution in [2.24, 2.45) is 0 Å². The van der Waals surface area contributed by atoms with E-state index in [1.54, 1.807) is 13.2 Å². The normalized spacial score (nSPS) is 10.1. The van der Waals surface area contributed by atoms with Crippen LogP contribution in [0.25, 0.3) is 0 Å². The van der Waals surface area contributed by atoms with Gasteiger partial charge < -0.3 is 14.8 Å². The first kappa shape index (κ1) is 16.2. The summed E-state index contributed by atoms with van der Waals surface area (Å²) in [6.45, 7) is 6.76. The summed E-state index contributed by atoms with van der Waals surface area (Å²) in [5, 5.41) is 4.11. The van der Waals surface area contributed by atoms with Crippen molar-refractivity contribution in [3.63, 3.8) is 0 Å². The number of anilines is 1. The van der Waals surface area contributed by atoms with Crippen molar-refractivity contribution in [1.82, 2.24) is 0 Å². The van der Waals surface area contributed by atoms with Crippen molar-refractivity contribution in [1.29, 1.82) is 0 Å². The summed E-state index contributed by atoms with van der Waals surface area (Å²) in [4.78, 5) is 0. The van der Waals surface area contributed by atoms with Crippen LogP contribution in [-0.4, -0.2) is 13.7 Å². The number of hydrogen-bond donors (Lipinski definition) is 1. The molecule has 0 aromatic heterocycles. The highest BCUT2D eigenvalue weighted by molar-refractivity contribution is 6.31. The predicted octanol–water partition coefficient (Wildman–Crippen LogP) is 4.83. The molecule has 0 unspecified atom stereocenters. The van der Waals surface area contributed by atoms with Crippen LogP contribution in [0.5, 0.6) is 11.5 Å². The third-order valence-corrected chi connectivity index (χ3v) is 3.66. The van der Waals surface area contributed by atoms with Gasteiger partial charge in [0, 0.05) is 17.3 Å². The molecule has 0 amide bonds. The van der Waals surface area contributed by atoms with Crippen molar-refractivity contribution in [3.05, 3.63) is 65.2 Å². The van der Waals surface area contributed by atoms with E-state index >= 15 is 0 Å². The summed E-state index contributed by atoms with van der Waals surface area (Å²) < 4.78 is 10.9. The van der Waals surface area contributed by atoms with E-state index in [1.807, 2.05) is 43.3 Å². The van der Waals surface area contributed by atoms with Crippen molar-refractivity contribution in [2.45, 2.75) is 13.5 Å². The Hall–Kier alpha value is -2.13. The van der Waals surface area contributed by atoms with Gasteiger partial charge >= 0.3 is 0 Å². The van der Waals surface area contributed by atoms with E-state index in [-0.39, 0.29) is 0 Å². The van der Waals surface area contributed by atoms with Crippen LogP contribution in [0.15, 0.2) is 49.1 Å². The van der Waals surface area contributed by atoms with Gasteiger partial charge in [-0.3, -0.25) is 0 Å². The Morgan fingerprint density at radius 2 is 2.00 bits per heavy atom. The Kier molecular flexibility index (Phi) is 5.73. The molecule has 22 heavy (non-hydrogen) atoms. The van der Waals surface area contributed by atoms with E-state index < -0.39 is 0 Å². The first-order chi connectivity index (χ1) is 10.6. The number of halogens is 1. The van der Waals surface area contributed by atoms with Gasteiger partial charge in [0.2, 0.25) is 0 Å². The molecule has 0 saturated carbocycles. The average Bonchev–Trinajstić information content (AvgIpc) is 2.54. The van der Waals surface area contributed by atoms with Gasteiger partial charge in [0.15, 0.2) is 11.5 Å². The van der Waals surface area contributed by atoms with Gasteiger partial charge in [-0.2, -0.15) is 0 Å². The fourth-order valence-electron chi connectivity index (χ4n) is 2.00. The fourth-order valence-corrected chi connectivity index (χ4v) is 2.18. The topological polar surface area (TPSA) is 30.5 Å². The second kappa shape index (κ2) is 7.76. The van der Waals surface area contributed by atoms with Gasteiger partial charge in [-0.1, -0.05) is 36.4 Å². The number of benzene rings is 2. The molecule has 0 spiro atoms. The summed E-state index contributed by atoms with van der Waals surface area (Å²) in [7, 11) is 1.63. The summed E-state index contributed by atoms with van der Waals surface area (Å²) >= 11 is 6.13. The summed E-state index contributed by atoms with van der Waals surface area (Å²) in [5.41, 5.74) is 3.15. The van der Waals surface area contributed by atoms with E-state index in [2.05, 4.69) is 11.9 Å². The highest BCUT2D eigenvalue weighted by Gasteiger charge is 2.05. The van der Waals surface area contributed by atoms with E-state index in [0.717, 1.165) is 21.8 Å². The monoisotopic (exact) mass is 317 g/mol. The molecule has 0 atom stereocenters. The minimum absolute atomic E-state index is 0.454. The lowest BCUT2D eigenvalue weighted by Crippen LogP contribution is -2.01. The number of nitrogens with one attached hydrogen (secondary N) is 1. The maximum atomic E-state index is 6.13. The first-order valence-corrected chi connectivity index (χ1v) is 7.42. The second-order valence-electron chi connectivity index (χ2n) is 4.90. The van der Waals surface area contributed by atoms with Crippen molar-refractivity contribution in [3.8, 4) is 11.5 Å². The molecule has 116 valence electrons.